The summed E-state index contributed by atoms with van der Waals surface area (Å²) in [7, 11) is 0. The van der Waals surface area contributed by atoms with E-state index in [4.69, 9.17) is 0 Å². The second-order valence-electron chi connectivity index (χ2n) is 2.52. The highest BCUT2D eigenvalue weighted by atomic mass is 14.7. The Labute approximate surface area is 60.5 Å². The van der Waals surface area contributed by atoms with E-state index in [0.29, 0.717) is 0 Å². The predicted octanol–water partition coefficient (Wildman–Crippen LogP) is 1.57. The lowest BCUT2D eigenvalue weighted by Gasteiger charge is -2.06. The van der Waals surface area contributed by atoms with Gasteiger partial charge in [-0.15, -0.1) is 0 Å². The maximum Gasteiger partial charge on any atom is 0.249 e. The third-order valence-corrected chi connectivity index (χ3v) is 1.82. The molecular weight excluding hydrogens is 122 g/mol. The van der Waals surface area contributed by atoms with Crippen molar-refractivity contribution in [2.24, 2.45) is 0 Å². The lowest BCUT2D eigenvalue weighted by Crippen LogP contribution is -2.00. The van der Waals surface area contributed by atoms with Gasteiger partial charge in [0.25, 0.3) is 0 Å². The third-order valence-electron chi connectivity index (χ3n) is 1.82. The molecule has 1 heterocycles. The molecule has 0 unspecified atom stereocenters. The molecule has 1 aliphatic heterocycles. The average Bonchev–Trinajstić information content (AvgIpc) is 2.05. The minimum Gasteiger partial charge on any atom is -0.0834 e. The molecule has 1 heteroatoms. The summed E-state index contributed by atoms with van der Waals surface area (Å²) in [5.41, 5.74) is 2.71. The van der Waals surface area contributed by atoms with Crippen LogP contribution in [0.2, 0.25) is 0 Å². The van der Waals surface area contributed by atoms with Crippen molar-refractivity contribution in [2.45, 2.75) is 12.8 Å². The Kier molecular flexibility index (Phi) is 1.28. The Morgan fingerprint density at radius 3 is 3.20 bits per heavy atom. The molecule has 1 radical (unpaired) electrons. The van der Waals surface area contributed by atoms with Gasteiger partial charge in [0.2, 0.25) is 12.4 Å². The van der Waals surface area contributed by atoms with Gasteiger partial charge in [-0.1, -0.05) is 12.2 Å². The molecule has 0 saturated heterocycles. The predicted molar refractivity (Wildman–Crippen MR) is 42.7 cm³/mol. The smallest absolute Gasteiger partial charge is 0.0834 e. The van der Waals surface area contributed by atoms with Crippen LogP contribution in [0.5, 0.6) is 0 Å². The van der Waals surface area contributed by atoms with E-state index in [-0.39, 0.29) is 0 Å². The van der Waals surface area contributed by atoms with Crippen LogP contribution in [0.3, 0.4) is 0 Å². The van der Waals surface area contributed by atoms with Gasteiger partial charge >= 0.3 is 0 Å². The molecule has 0 fully saturated rings. The molecule has 0 spiro atoms. The van der Waals surface area contributed by atoms with Gasteiger partial charge in [0, 0.05) is 11.6 Å². The van der Waals surface area contributed by atoms with E-state index in [1.165, 1.54) is 24.0 Å². The second-order valence-corrected chi connectivity index (χ2v) is 2.52. The fourth-order valence-electron chi connectivity index (χ4n) is 1.26. The molecule has 49 valence electrons. The fourth-order valence-corrected chi connectivity index (χ4v) is 1.26. The maximum absolute atomic E-state index is 4.05. The van der Waals surface area contributed by atoms with E-state index in [1.54, 1.807) is 0 Å². The normalized spacial score (nSPS) is 21.6. The molecule has 2 rings (SSSR count). The molecule has 0 aromatic rings. The molecule has 0 bridgehead atoms. The molecule has 0 saturated carbocycles. The molecule has 2 aliphatic rings. The molecule has 0 aromatic heterocycles. The minimum absolute atomic E-state index is 1.17. The standard InChI is InChI=1S/C9H9N/c1-2-4-9-7-10-6-5-8(9)3-1/h2,4-7H,1,3H2/q+1. The summed E-state index contributed by atoms with van der Waals surface area (Å²) in [5.74, 6) is 0. The summed E-state index contributed by atoms with van der Waals surface area (Å²) in [6.07, 6.45) is 12.6. The topological polar surface area (TPSA) is 14.1 Å². The molecular formula is C9H9N+. The Morgan fingerprint density at radius 1 is 1.30 bits per heavy atom. The van der Waals surface area contributed by atoms with E-state index in [2.05, 4.69) is 23.2 Å². The molecule has 1 nitrogen and oxygen atoms in total. The largest absolute Gasteiger partial charge is 0.249 e. The first-order valence-electron chi connectivity index (χ1n) is 3.56. The summed E-state index contributed by atoms with van der Waals surface area (Å²) in [6, 6.07) is 0. The highest BCUT2D eigenvalue weighted by Gasteiger charge is 2.10. The van der Waals surface area contributed by atoms with Crippen molar-refractivity contribution >= 4 is 6.21 Å². The first-order valence-corrected chi connectivity index (χ1v) is 3.56. The van der Waals surface area contributed by atoms with Gasteiger partial charge in [0.15, 0.2) is 0 Å². The average molecular weight is 131 g/mol. The Morgan fingerprint density at radius 2 is 2.30 bits per heavy atom. The highest BCUT2D eigenvalue weighted by Crippen LogP contribution is 2.19. The van der Waals surface area contributed by atoms with Crippen LogP contribution in [0.1, 0.15) is 12.8 Å². The molecule has 0 atom stereocenters. The lowest BCUT2D eigenvalue weighted by molar-refractivity contribution is 0.976. The summed E-state index contributed by atoms with van der Waals surface area (Å²) >= 11 is 0. The van der Waals surface area contributed by atoms with Crippen LogP contribution in [0.25, 0.3) is 0 Å². The van der Waals surface area contributed by atoms with Gasteiger partial charge in [-0.2, -0.15) is 0 Å². The Hall–Kier alpha value is -1.11. The van der Waals surface area contributed by atoms with Gasteiger partial charge in [0.05, 0.1) is 4.99 Å². The van der Waals surface area contributed by atoms with E-state index >= 15 is 0 Å². The summed E-state index contributed by atoms with van der Waals surface area (Å²) in [6.45, 7) is 0. The molecule has 0 aromatic carbocycles. The number of hydrogen-bond donors (Lipinski definition) is 0. The Balaban J connectivity index is 2.43. The first kappa shape index (κ1) is 5.66. The number of nitrogens with zero attached hydrogens (tertiary/aromatic N) is 1. The molecule has 0 amide bonds. The van der Waals surface area contributed by atoms with Crippen molar-refractivity contribution in [1.29, 1.82) is 0 Å². The zero-order chi connectivity index (χ0) is 6.81. The highest BCUT2D eigenvalue weighted by molar-refractivity contribution is 5.85. The SMILES string of the molecule is C1=CC2=C(C=C[N+]=C2)CC1. The van der Waals surface area contributed by atoms with Crippen LogP contribution in [-0.2, 0) is 0 Å². The van der Waals surface area contributed by atoms with E-state index < -0.39 is 0 Å². The fraction of sp³-hybridized carbons (Fsp3) is 0.222. The van der Waals surface area contributed by atoms with Crippen molar-refractivity contribution in [2.75, 3.05) is 0 Å². The van der Waals surface area contributed by atoms with Crippen LogP contribution in [0, 0.1) is 0 Å². The third kappa shape index (κ3) is 0.838. The number of rotatable bonds is 0. The van der Waals surface area contributed by atoms with Crippen LogP contribution >= 0.6 is 0 Å². The number of aliphatic imine (C=N–C) groups is 1. The van der Waals surface area contributed by atoms with Crippen LogP contribution < -0.4 is 4.99 Å². The van der Waals surface area contributed by atoms with Gasteiger partial charge in [0.1, 0.15) is 0 Å². The van der Waals surface area contributed by atoms with Crippen molar-refractivity contribution in [3.8, 4) is 0 Å². The maximum atomic E-state index is 4.05. The van der Waals surface area contributed by atoms with Crippen molar-refractivity contribution in [1.82, 2.24) is 4.99 Å². The van der Waals surface area contributed by atoms with Crippen LogP contribution in [0.4, 0.5) is 0 Å². The summed E-state index contributed by atoms with van der Waals surface area (Å²) < 4.78 is 0. The monoisotopic (exact) mass is 131 g/mol. The number of allylic oxidation sites excluding steroid dienone is 5. The van der Waals surface area contributed by atoms with E-state index in [0.717, 1.165) is 0 Å². The van der Waals surface area contributed by atoms with Crippen molar-refractivity contribution < 1.29 is 0 Å². The summed E-state index contributed by atoms with van der Waals surface area (Å²) in [4.78, 5) is 4.05. The number of hydrogen-bond acceptors (Lipinski definition) is 1. The van der Waals surface area contributed by atoms with Gasteiger partial charge in [-0.3, -0.25) is 0 Å². The summed E-state index contributed by atoms with van der Waals surface area (Å²) in [5, 5.41) is 0. The second kappa shape index (κ2) is 2.25. The first-order chi connectivity index (χ1) is 4.97. The quantitative estimate of drug-likeness (QED) is 0.473. The zero-order valence-corrected chi connectivity index (χ0v) is 5.75. The van der Waals surface area contributed by atoms with E-state index in [9.17, 15) is 0 Å². The lowest BCUT2D eigenvalue weighted by atomic mass is 9.97. The van der Waals surface area contributed by atoms with E-state index in [1.807, 2.05) is 12.4 Å². The van der Waals surface area contributed by atoms with Crippen LogP contribution in [-0.4, -0.2) is 6.21 Å². The van der Waals surface area contributed by atoms with Gasteiger partial charge < -0.3 is 0 Å². The molecule has 1 aliphatic carbocycles. The van der Waals surface area contributed by atoms with Gasteiger partial charge in [-0.25, -0.2) is 0 Å². The van der Waals surface area contributed by atoms with Gasteiger partial charge in [-0.05, 0) is 18.4 Å². The zero-order valence-electron chi connectivity index (χ0n) is 5.75. The molecule has 10 heavy (non-hydrogen) atoms. The van der Waals surface area contributed by atoms with Crippen molar-refractivity contribution in [3.63, 3.8) is 0 Å². The van der Waals surface area contributed by atoms with Crippen LogP contribution in [0.15, 0.2) is 35.6 Å². The molecule has 0 N–H and O–H groups in total. The Bertz CT molecular complexity index is 254. The van der Waals surface area contributed by atoms with Crippen molar-refractivity contribution in [3.05, 3.63) is 35.6 Å². The minimum atomic E-state index is 1.17.